The van der Waals surface area contributed by atoms with Crippen molar-refractivity contribution in [3.63, 3.8) is 0 Å². The Morgan fingerprint density at radius 2 is 2.15 bits per heavy atom. The Morgan fingerprint density at radius 3 is 2.70 bits per heavy atom. The largest absolute Gasteiger partial charge is 0.474 e. The van der Waals surface area contributed by atoms with Crippen LogP contribution in [0.3, 0.4) is 0 Å². The number of aliphatic hydroxyl groups excluding tert-OH is 1. The van der Waals surface area contributed by atoms with Gasteiger partial charge in [-0.3, -0.25) is 0 Å². The number of pyridine rings is 1. The normalized spacial score (nSPS) is 34.5. The summed E-state index contributed by atoms with van der Waals surface area (Å²) in [6.45, 7) is 6.91. The molecule has 0 aliphatic heterocycles. The van der Waals surface area contributed by atoms with Crippen LogP contribution in [0, 0.1) is 16.7 Å². The summed E-state index contributed by atoms with van der Waals surface area (Å²) in [6, 6.07) is 3.54. The van der Waals surface area contributed by atoms with E-state index in [-0.39, 0.29) is 18.1 Å². The fraction of sp³-hybridized carbons (Fsp3) is 0.688. The standard InChI is InChI=1S/C16H22ClNO2/c1-15(2)10-6-7-16(15,3)13(8-10)20-14-5-4-11(17)12(9-19)18-14/h4-5,10,13,19H,6-9H2,1-3H3. The summed E-state index contributed by atoms with van der Waals surface area (Å²) < 4.78 is 6.16. The molecule has 1 aromatic heterocycles. The number of nitrogens with zero attached hydrogens (tertiary/aromatic N) is 1. The van der Waals surface area contributed by atoms with Gasteiger partial charge in [0.15, 0.2) is 0 Å². The molecule has 0 radical (unpaired) electrons. The van der Waals surface area contributed by atoms with Crippen LogP contribution in [0.5, 0.6) is 5.88 Å². The van der Waals surface area contributed by atoms with Crippen LogP contribution in [0.2, 0.25) is 5.02 Å². The quantitative estimate of drug-likeness (QED) is 0.922. The van der Waals surface area contributed by atoms with Crippen LogP contribution in [0.15, 0.2) is 12.1 Å². The van der Waals surface area contributed by atoms with Gasteiger partial charge in [0.05, 0.1) is 17.3 Å². The molecule has 0 aromatic carbocycles. The van der Waals surface area contributed by atoms with Gasteiger partial charge in [-0.05, 0) is 36.7 Å². The van der Waals surface area contributed by atoms with Crippen molar-refractivity contribution in [3.05, 3.63) is 22.8 Å². The molecule has 1 aromatic rings. The van der Waals surface area contributed by atoms with Crippen LogP contribution in [-0.2, 0) is 6.61 Å². The SMILES string of the molecule is CC1(C)C2CCC1(C)C(Oc1ccc(Cl)c(CO)n1)C2. The number of hydrogen-bond donors (Lipinski definition) is 1. The zero-order valence-corrected chi connectivity index (χ0v) is 13.1. The number of aliphatic hydroxyl groups is 1. The highest BCUT2D eigenvalue weighted by Gasteiger charge is 2.62. The van der Waals surface area contributed by atoms with Crippen LogP contribution >= 0.6 is 11.6 Å². The summed E-state index contributed by atoms with van der Waals surface area (Å²) in [4.78, 5) is 4.31. The molecule has 2 bridgehead atoms. The average Bonchev–Trinajstić information content (AvgIpc) is 2.74. The highest BCUT2D eigenvalue weighted by molar-refractivity contribution is 6.31. The van der Waals surface area contributed by atoms with E-state index in [1.807, 2.05) is 0 Å². The molecule has 0 amide bonds. The second-order valence-electron chi connectivity index (χ2n) is 6.95. The van der Waals surface area contributed by atoms with Crippen LogP contribution in [-0.4, -0.2) is 16.2 Å². The van der Waals surface area contributed by atoms with Crippen molar-refractivity contribution in [2.75, 3.05) is 0 Å². The molecule has 2 saturated carbocycles. The first-order chi connectivity index (χ1) is 9.38. The summed E-state index contributed by atoms with van der Waals surface area (Å²) in [7, 11) is 0. The molecule has 3 rings (SSSR count). The average molecular weight is 296 g/mol. The van der Waals surface area contributed by atoms with Crippen LogP contribution in [0.4, 0.5) is 0 Å². The van der Waals surface area contributed by atoms with Crippen molar-refractivity contribution in [1.82, 2.24) is 4.98 Å². The fourth-order valence-electron chi connectivity index (χ4n) is 4.10. The van der Waals surface area contributed by atoms with Crippen LogP contribution < -0.4 is 4.74 Å². The molecule has 0 spiro atoms. The van der Waals surface area contributed by atoms with E-state index in [0.29, 0.717) is 22.0 Å². The van der Waals surface area contributed by atoms with E-state index in [4.69, 9.17) is 16.3 Å². The monoisotopic (exact) mass is 295 g/mol. The maximum atomic E-state index is 9.24. The topological polar surface area (TPSA) is 42.4 Å². The summed E-state index contributed by atoms with van der Waals surface area (Å²) in [5.74, 6) is 1.31. The second kappa shape index (κ2) is 4.60. The molecule has 2 fully saturated rings. The molecule has 3 unspecified atom stereocenters. The van der Waals surface area contributed by atoms with E-state index >= 15 is 0 Å². The van der Waals surface area contributed by atoms with E-state index < -0.39 is 0 Å². The van der Waals surface area contributed by atoms with Crippen LogP contribution in [0.25, 0.3) is 0 Å². The maximum absolute atomic E-state index is 9.24. The molecule has 3 atom stereocenters. The van der Waals surface area contributed by atoms with Gasteiger partial charge < -0.3 is 9.84 Å². The van der Waals surface area contributed by atoms with Crippen molar-refractivity contribution in [1.29, 1.82) is 0 Å². The van der Waals surface area contributed by atoms with E-state index in [0.717, 1.165) is 12.3 Å². The second-order valence-corrected chi connectivity index (χ2v) is 7.36. The van der Waals surface area contributed by atoms with Crippen molar-refractivity contribution in [2.24, 2.45) is 16.7 Å². The molecule has 2 aliphatic rings. The molecule has 3 nitrogen and oxygen atoms in total. The molecule has 20 heavy (non-hydrogen) atoms. The summed E-state index contributed by atoms with van der Waals surface area (Å²) in [5, 5.41) is 9.73. The van der Waals surface area contributed by atoms with Gasteiger partial charge in [0.2, 0.25) is 5.88 Å². The smallest absolute Gasteiger partial charge is 0.213 e. The first-order valence-corrected chi connectivity index (χ1v) is 7.69. The molecule has 4 heteroatoms. The van der Waals surface area contributed by atoms with Gasteiger partial charge in [-0.2, -0.15) is 0 Å². The fourth-order valence-corrected chi connectivity index (χ4v) is 4.26. The number of aromatic nitrogens is 1. The Labute approximate surface area is 125 Å². The zero-order chi connectivity index (χ0) is 14.5. The highest BCUT2D eigenvalue weighted by Crippen LogP contribution is 2.66. The van der Waals surface area contributed by atoms with Gasteiger partial charge in [0, 0.05) is 11.5 Å². The Morgan fingerprint density at radius 1 is 1.40 bits per heavy atom. The van der Waals surface area contributed by atoms with Crippen molar-refractivity contribution >= 4 is 11.6 Å². The van der Waals surface area contributed by atoms with Crippen LogP contribution in [0.1, 0.15) is 45.7 Å². The third kappa shape index (κ3) is 1.86. The molecule has 1 heterocycles. The Balaban J connectivity index is 1.83. The lowest BCUT2D eigenvalue weighted by atomic mass is 9.70. The molecule has 1 N–H and O–H groups in total. The highest BCUT2D eigenvalue weighted by atomic mass is 35.5. The number of ether oxygens (including phenoxy) is 1. The third-order valence-electron chi connectivity index (χ3n) is 6.02. The zero-order valence-electron chi connectivity index (χ0n) is 12.3. The van der Waals surface area contributed by atoms with Gasteiger partial charge in [-0.15, -0.1) is 0 Å². The maximum Gasteiger partial charge on any atom is 0.213 e. The molecular weight excluding hydrogens is 274 g/mol. The summed E-state index contributed by atoms with van der Waals surface area (Å²) in [5.41, 5.74) is 1.01. The van der Waals surface area contributed by atoms with Crippen molar-refractivity contribution in [2.45, 2.75) is 52.7 Å². The minimum Gasteiger partial charge on any atom is -0.474 e. The lowest BCUT2D eigenvalue weighted by molar-refractivity contribution is 0.0270. The number of fused-ring (bicyclic) bond motifs is 2. The summed E-state index contributed by atoms with van der Waals surface area (Å²) in [6.07, 6.45) is 3.83. The third-order valence-corrected chi connectivity index (χ3v) is 6.36. The Kier molecular flexibility index (Phi) is 3.26. The minimum atomic E-state index is -0.161. The van der Waals surface area contributed by atoms with Gasteiger partial charge in [-0.25, -0.2) is 4.98 Å². The van der Waals surface area contributed by atoms with E-state index in [1.54, 1.807) is 12.1 Å². The summed E-state index contributed by atoms with van der Waals surface area (Å²) >= 11 is 5.97. The van der Waals surface area contributed by atoms with Gasteiger partial charge in [0.25, 0.3) is 0 Å². The lowest BCUT2D eigenvalue weighted by Gasteiger charge is -2.38. The van der Waals surface area contributed by atoms with Crippen molar-refractivity contribution in [3.8, 4) is 5.88 Å². The van der Waals surface area contributed by atoms with Gasteiger partial charge in [-0.1, -0.05) is 32.4 Å². The number of halogens is 1. The molecule has 0 saturated heterocycles. The van der Waals surface area contributed by atoms with E-state index in [2.05, 4.69) is 25.8 Å². The van der Waals surface area contributed by atoms with Gasteiger partial charge >= 0.3 is 0 Å². The molecular formula is C16H22ClNO2. The Hall–Kier alpha value is -0.800. The predicted molar refractivity (Wildman–Crippen MR) is 78.8 cm³/mol. The molecule has 2 aliphatic carbocycles. The predicted octanol–water partition coefficient (Wildman–Crippen LogP) is 3.82. The minimum absolute atomic E-state index is 0.161. The van der Waals surface area contributed by atoms with Crippen molar-refractivity contribution < 1.29 is 9.84 Å². The number of rotatable bonds is 3. The van der Waals surface area contributed by atoms with E-state index in [9.17, 15) is 5.11 Å². The first kappa shape index (κ1) is 14.2. The van der Waals surface area contributed by atoms with Gasteiger partial charge in [0.1, 0.15) is 6.10 Å². The number of hydrogen-bond acceptors (Lipinski definition) is 3. The molecule has 110 valence electrons. The Bertz CT molecular complexity index is 531. The van der Waals surface area contributed by atoms with E-state index in [1.165, 1.54) is 12.8 Å². The lowest BCUT2D eigenvalue weighted by Crippen LogP contribution is -2.39. The first-order valence-electron chi connectivity index (χ1n) is 7.31.